The monoisotopic (exact) mass is 339 g/mol. The Kier molecular flexibility index (Phi) is 6.45. The van der Waals surface area contributed by atoms with Gasteiger partial charge in [-0.25, -0.2) is 4.79 Å². The predicted octanol–water partition coefficient (Wildman–Crippen LogP) is 1.39. The van der Waals surface area contributed by atoms with Crippen molar-refractivity contribution in [3.8, 4) is 0 Å². The van der Waals surface area contributed by atoms with Gasteiger partial charge < -0.3 is 20.2 Å². The lowest BCUT2D eigenvalue weighted by molar-refractivity contribution is -0.147. The zero-order chi connectivity index (χ0) is 17.7. The topological polar surface area (TPSA) is 90.0 Å². The Hall–Kier alpha value is -1.79. The zero-order valence-electron chi connectivity index (χ0n) is 14.7. The summed E-state index contributed by atoms with van der Waals surface area (Å²) in [6.45, 7) is 6.72. The number of carboxylic acids is 1. The molecule has 2 rings (SSSR count). The molecule has 2 heterocycles. The second-order valence-electron chi connectivity index (χ2n) is 7.33. The summed E-state index contributed by atoms with van der Waals surface area (Å²) in [7, 11) is 0. The molecular weight excluding hydrogens is 310 g/mol. The van der Waals surface area contributed by atoms with E-state index in [1.54, 1.807) is 9.80 Å². The van der Waals surface area contributed by atoms with Crippen molar-refractivity contribution < 1.29 is 19.5 Å². The standard InChI is InChI=1S/C17H29N3O4/c1-12(2)9-18-17(24)20-8-3-5-13(10-20)15(21)19-7-4-6-14(11-19)16(22)23/h12-14H,3-11H2,1-2H3,(H,18,24)(H,22,23). The van der Waals surface area contributed by atoms with Crippen LogP contribution in [0.1, 0.15) is 39.5 Å². The highest BCUT2D eigenvalue weighted by Crippen LogP contribution is 2.23. The number of nitrogens with one attached hydrogen (secondary N) is 1. The van der Waals surface area contributed by atoms with Gasteiger partial charge in [-0.05, 0) is 31.6 Å². The number of hydrogen-bond donors (Lipinski definition) is 2. The number of piperidine rings is 2. The molecule has 2 saturated heterocycles. The average Bonchev–Trinajstić information content (AvgIpc) is 2.59. The summed E-state index contributed by atoms with van der Waals surface area (Å²) in [5.74, 6) is -1.11. The number of hydrogen-bond acceptors (Lipinski definition) is 3. The van der Waals surface area contributed by atoms with Crippen LogP contribution in [-0.4, -0.2) is 65.5 Å². The first kappa shape index (κ1) is 18.5. The van der Waals surface area contributed by atoms with Crippen molar-refractivity contribution in [2.75, 3.05) is 32.7 Å². The summed E-state index contributed by atoms with van der Waals surface area (Å²) < 4.78 is 0. The third-order valence-corrected chi connectivity index (χ3v) is 4.80. The lowest BCUT2D eigenvalue weighted by atomic mass is 9.93. The van der Waals surface area contributed by atoms with Crippen molar-refractivity contribution in [1.29, 1.82) is 0 Å². The lowest BCUT2D eigenvalue weighted by Crippen LogP contribution is -2.51. The van der Waals surface area contributed by atoms with Crippen LogP contribution in [0.25, 0.3) is 0 Å². The largest absolute Gasteiger partial charge is 0.481 e. The molecule has 2 aliphatic heterocycles. The van der Waals surface area contributed by atoms with E-state index in [0.29, 0.717) is 45.1 Å². The van der Waals surface area contributed by atoms with Crippen LogP contribution in [0.4, 0.5) is 4.79 Å². The molecule has 0 aromatic rings. The molecule has 2 atom stereocenters. The SMILES string of the molecule is CC(C)CNC(=O)N1CCCC(C(=O)N2CCCC(C(=O)O)C2)C1. The minimum atomic E-state index is -0.828. The molecule has 0 saturated carbocycles. The smallest absolute Gasteiger partial charge is 0.317 e. The average molecular weight is 339 g/mol. The molecule has 0 aromatic carbocycles. The molecule has 0 spiro atoms. The van der Waals surface area contributed by atoms with E-state index in [1.165, 1.54) is 0 Å². The molecule has 2 aliphatic rings. The van der Waals surface area contributed by atoms with Crippen molar-refractivity contribution in [1.82, 2.24) is 15.1 Å². The van der Waals surface area contributed by atoms with Gasteiger partial charge in [-0.2, -0.15) is 0 Å². The zero-order valence-corrected chi connectivity index (χ0v) is 14.7. The fraction of sp³-hybridized carbons (Fsp3) is 0.824. The first-order valence-electron chi connectivity index (χ1n) is 8.92. The van der Waals surface area contributed by atoms with E-state index in [-0.39, 0.29) is 17.9 Å². The van der Waals surface area contributed by atoms with Crippen molar-refractivity contribution in [3.05, 3.63) is 0 Å². The Morgan fingerprint density at radius 1 is 1.04 bits per heavy atom. The summed E-state index contributed by atoms with van der Waals surface area (Å²) in [6, 6.07) is -0.108. The highest BCUT2D eigenvalue weighted by atomic mass is 16.4. The van der Waals surface area contributed by atoms with Crippen molar-refractivity contribution in [2.24, 2.45) is 17.8 Å². The van der Waals surface area contributed by atoms with E-state index in [9.17, 15) is 14.4 Å². The summed E-state index contributed by atoms with van der Waals surface area (Å²) in [6.07, 6.45) is 2.93. The lowest BCUT2D eigenvalue weighted by Gasteiger charge is -2.37. The Labute approximate surface area is 143 Å². The second kappa shape index (κ2) is 8.35. The maximum atomic E-state index is 12.7. The Morgan fingerprint density at radius 2 is 1.62 bits per heavy atom. The molecule has 136 valence electrons. The van der Waals surface area contributed by atoms with Gasteiger partial charge in [0.1, 0.15) is 0 Å². The van der Waals surface area contributed by atoms with Crippen LogP contribution in [-0.2, 0) is 9.59 Å². The molecule has 2 unspecified atom stereocenters. The Bertz CT molecular complexity index is 480. The third-order valence-electron chi connectivity index (χ3n) is 4.80. The summed E-state index contributed by atoms with van der Waals surface area (Å²) >= 11 is 0. The third kappa shape index (κ3) is 4.85. The van der Waals surface area contributed by atoms with Gasteiger partial charge >= 0.3 is 12.0 Å². The molecule has 2 N–H and O–H groups in total. The number of aliphatic carboxylic acids is 1. The molecule has 0 radical (unpaired) electrons. The molecule has 2 fully saturated rings. The molecular formula is C17H29N3O4. The maximum Gasteiger partial charge on any atom is 0.317 e. The summed E-state index contributed by atoms with van der Waals surface area (Å²) in [5, 5.41) is 12.1. The van der Waals surface area contributed by atoms with E-state index in [2.05, 4.69) is 5.32 Å². The van der Waals surface area contributed by atoms with Crippen LogP contribution in [0.5, 0.6) is 0 Å². The Morgan fingerprint density at radius 3 is 2.25 bits per heavy atom. The molecule has 0 bridgehead atoms. The van der Waals surface area contributed by atoms with Crippen molar-refractivity contribution in [2.45, 2.75) is 39.5 Å². The van der Waals surface area contributed by atoms with Gasteiger partial charge in [0.05, 0.1) is 11.8 Å². The first-order valence-corrected chi connectivity index (χ1v) is 8.92. The van der Waals surface area contributed by atoms with Crippen LogP contribution in [0.15, 0.2) is 0 Å². The van der Waals surface area contributed by atoms with E-state index in [0.717, 1.165) is 19.3 Å². The number of rotatable bonds is 4. The van der Waals surface area contributed by atoms with Crippen molar-refractivity contribution in [3.63, 3.8) is 0 Å². The van der Waals surface area contributed by atoms with Crippen LogP contribution in [0.3, 0.4) is 0 Å². The fourth-order valence-electron chi connectivity index (χ4n) is 3.40. The quantitative estimate of drug-likeness (QED) is 0.810. The minimum absolute atomic E-state index is 0.00214. The number of carboxylic acid groups (broad SMARTS) is 1. The van der Waals surface area contributed by atoms with Gasteiger partial charge in [-0.1, -0.05) is 13.8 Å². The molecule has 7 nitrogen and oxygen atoms in total. The fourth-order valence-corrected chi connectivity index (χ4v) is 3.40. The first-order chi connectivity index (χ1) is 11.4. The minimum Gasteiger partial charge on any atom is -0.481 e. The molecule has 0 aliphatic carbocycles. The highest BCUT2D eigenvalue weighted by molar-refractivity contribution is 5.82. The van der Waals surface area contributed by atoms with E-state index < -0.39 is 11.9 Å². The number of carbonyl (C=O) groups excluding carboxylic acids is 2. The van der Waals surface area contributed by atoms with Gasteiger partial charge in [0.2, 0.25) is 5.91 Å². The van der Waals surface area contributed by atoms with Gasteiger partial charge in [0, 0.05) is 32.7 Å². The number of likely N-dealkylation sites (tertiary alicyclic amines) is 2. The Balaban J connectivity index is 1.90. The number of amides is 3. The normalized spacial score (nSPS) is 24.8. The van der Waals surface area contributed by atoms with Gasteiger partial charge in [0.25, 0.3) is 0 Å². The van der Waals surface area contributed by atoms with Crippen LogP contribution < -0.4 is 5.32 Å². The molecule has 7 heteroatoms. The van der Waals surface area contributed by atoms with Crippen molar-refractivity contribution >= 4 is 17.9 Å². The number of carbonyl (C=O) groups is 3. The maximum absolute atomic E-state index is 12.7. The second-order valence-corrected chi connectivity index (χ2v) is 7.33. The van der Waals surface area contributed by atoms with Gasteiger partial charge in [-0.3, -0.25) is 9.59 Å². The van der Waals surface area contributed by atoms with Gasteiger partial charge in [0.15, 0.2) is 0 Å². The van der Waals surface area contributed by atoms with E-state index in [4.69, 9.17) is 5.11 Å². The van der Waals surface area contributed by atoms with E-state index >= 15 is 0 Å². The predicted molar refractivity (Wildman–Crippen MR) is 89.5 cm³/mol. The highest BCUT2D eigenvalue weighted by Gasteiger charge is 2.34. The number of nitrogens with zero attached hydrogens (tertiary/aromatic N) is 2. The van der Waals surface area contributed by atoms with Crippen LogP contribution in [0, 0.1) is 17.8 Å². The van der Waals surface area contributed by atoms with E-state index in [1.807, 2.05) is 13.8 Å². The summed E-state index contributed by atoms with van der Waals surface area (Å²) in [4.78, 5) is 39.5. The number of urea groups is 1. The van der Waals surface area contributed by atoms with Crippen LogP contribution >= 0.6 is 0 Å². The molecule has 24 heavy (non-hydrogen) atoms. The van der Waals surface area contributed by atoms with Gasteiger partial charge in [-0.15, -0.1) is 0 Å². The van der Waals surface area contributed by atoms with Crippen LogP contribution in [0.2, 0.25) is 0 Å². The molecule has 3 amide bonds. The summed E-state index contributed by atoms with van der Waals surface area (Å²) in [5.41, 5.74) is 0. The molecule has 0 aromatic heterocycles.